The van der Waals surface area contributed by atoms with E-state index in [0.717, 1.165) is 35.0 Å². The third kappa shape index (κ3) is 3.19. The lowest BCUT2D eigenvalue weighted by molar-refractivity contribution is 0.289. The van der Waals surface area contributed by atoms with Crippen LogP contribution in [0.2, 0.25) is 5.02 Å². The topological polar surface area (TPSA) is 42.7 Å². The molecule has 1 aliphatic rings. The van der Waals surface area contributed by atoms with Gasteiger partial charge in [-0.3, -0.25) is 0 Å². The highest BCUT2D eigenvalue weighted by molar-refractivity contribution is 6.33. The van der Waals surface area contributed by atoms with E-state index in [9.17, 15) is 4.79 Å². The molecule has 27 heavy (non-hydrogen) atoms. The van der Waals surface area contributed by atoms with Gasteiger partial charge in [-0.05, 0) is 49.1 Å². The molecule has 0 unspecified atom stereocenters. The summed E-state index contributed by atoms with van der Waals surface area (Å²) in [5.74, 6) is 0.613. The maximum atomic E-state index is 12.1. The number of benzene rings is 2. The van der Waals surface area contributed by atoms with Crippen LogP contribution in [-0.4, -0.2) is 6.73 Å². The van der Waals surface area contributed by atoms with Crippen molar-refractivity contribution in [1.82, 2.24) is 0 Å². The van der Waals surface area contributed by atoms with E-state index in [2.05, 4.69) is 43.9 Å². The van der Waals surface area contributed by atoms with E-state index >= 15 is 0 Å². The molecule has 2 aromatic carbocycles. The van der Waals surface area contributed by atoms with Crippen LogP contribution in [-0.2, 0) is 13.0 Å². The summed E-state index contributed by atoms with van der Waals surface area (Å²) in [5, 5.41) is 1.45. The third-order valence-electron chi connectivity index (χ3n) is 5.06. The van der Waals surface area contributed by atoms with Gasteiger partial charge in [-0.25, -0.2) is 4.79 Å². The summed E-state index contributed by atoms with van der Waals surface area (Å²) >= 11 is 6.52. The van der Waals surface area contributed by atoms with Crippen LogP contribution < -0.4 is 15.3 Å². The smallest absolute Gasteiger partial charge is 0.336 e. The van der Waals surface area contributed by atoms with Crippen LogP contribution >= 0.6 is 11.6 Å². The van der Waals surface area contributed by atoms with Gasteiger partial charge in [-0.2, -0.15) is 0 Å². The molecule has 5 heteroatoms. The lowest BCUT2D eigenvalue weighted by Gasteiger charge is -2.32. The Bertz CT molecular complexity index is 1090. The summed E-state index contributed by atoms with van der Waals surface area (Å²) in [4.78, 5) is 14.3. The number of rotatable bonds is 3. The number of anilines is 1. The molecule has 0 fully saturated rings. The molecule has 0 N–H and O–H groups in total. The Morgan fingerprint density at radius 1 is 1.19 bits per heavy atom. The number of fused-ring (bicyclic) bond motifs is 3. The molecule has 0 atom stereocenters. The number of aryl methyl sites for hydroxylation is 3. The molecule has 3 aromatic rings. The summed E-state index contributed by atoms with van der Waals surface area (Å²) in [6, 6.07) is 9.78. The van der Waals surface area contributed by atoms with Crippen molar-refractivity contribution in [3.05, 3.63) is 68.0 Å². The highest BCUT2D eigenvalue weighted by Crippen LogP contribution is 2.40. The first-order valence-corrected chi connectivity index (χ1v) is 9.59. The average Bonchev–Trinajstić information content (AvgIpc) is 2.65. The summed E-state index contributed by atoms with van der Waals surface area (Å²) in [6.07, 6.45) is 1.75. The highest BCUT2D eigenvalue weighted by atomic mass is 35.5. The Kier molecular flexibility index (Phi) is 4.60. The summed E-state index contributed by atoms with van der Waals surface area (Å²) in [7, 11) is 0. The third-order valence-corrected chi connectivity index (χ3v) is 5.34. The Morgan fingerprint density at radius 2 is 2.00 bits per heavy atom. The van der Waals surface area contributed by atoms with Gasteiger partial charge in [0.25, 0.3) is 0 Å². The number of halogens is 1. The van der Waals surface area contributed by atoms with Gasteiger partial charge in [0.05, 0.1) is 17.1 Å². The van der Waals surface area contributed by atoms with Gasteiger partial charge >= 0.3 is 5.63 Å². The second kappa shape index (κ2) is 6.93. The molecule has 1 aromatic heterocycles. The van der Waals surface area contributed by atoms with E-state index < -0.39 is 0 Å². The zero-order valence-electron chi connectivity index (χ0n) is 15.8. The molecular formula is C22H22ClNO3. The molecule has 4 rings (SSSR count). The second-order valence-corrected chi connectivity index (χ2v) is 7.55. The van der Waals surface area contributed by atoms with Crippen molar-refractivity contribution in [2.75, 3.05) is 11.6 Å². The van der Waals surface area contributed by atoms with Gasteiger partial charge in [-0.1, -0.05) is 37.1 Å². The number of hydrogen-bond donors (Lipinski definition) is 0. The number of nitrogens with zero attached hydrogens (tertiary/aromatic N) is 1. The van der Waals surface area contributed by atoms with Crippen molar-refractivity contribution in [2.45, 2.75) is 40.2 Å². The quantitative estimate of drug-likeness (QED) is 0.570. The second-order valence-electron chi connectivity index (χ2n) is 7.14. The normalized spacial score (nSPS) is 13.6. The first kappa shape index (κ1) is 17.9. The Morgan fingerprint density at radius 3 is 2.78 bits per heavy atom. The van der Waals surface area contributed by atoms with Crippen LogP contribution in [0, 0.1) is 13.8 Å². The minimum absolute atomic E-state index is 0.334. The number of hydrogen-bond acceptors (Lipinski definition) is 4. The van der Waals surface area contributed by atoms with Crippen LogP contribution in [0.4, 0.5) is 5.69 Å². The molecule has 140 valence electrons. The lowest BCUT2D eigenvalue weighted by atomic mass is 10.0. The maximum Gasteiger partial charge on any atom is 0.336 e. The first-order valence-electron chi connectivity index (χ1n) is 9.21. The van der Waals surface area contributed by atoms with E-state index in [0.29, 0.717) is 29.6 Å². The SMILES string of the molecule is CCCc1cc(=O)oc2c3c(c(Cl)cc12)OCN(c1cc(C)ccc1C)C3. The molecule has 0 saturated heterocycles. The van der Waals surface area contributed by atoms with E-state index in [-0.39, 0.29) is 5.63 Å². The van der Waals surface area contributed by atoms with Gasteiger partial charge < -0.3 is 14.1 Å². The monoisotopic (exact) mass is 383 g/mol. The predicted octanol–water partition coefficient (Wildman–Crippen LogP) is 5.37. The van der Waals surface area contributed by atoms with Crippen molar-refractivity contribution in [2.24, 2.45) is 0 Å². The van der Waals surface area contributed by atoms with Crippen LogP contribution in [0.3, 0.4) is 0 Å². The fourth-order valence-electron chi connectivity index (χ4n) is 3.74. The molecular weight excluding hydrogens is 362 g/mol. The van der Waals surface area contributed by atoms with E-state index in [1.807, 2.05) is 6.07 Å². The maximum absolute atomic E-state index is 12.1. The zero-order chi connectivity index (χ0) is 19.1. The van der Waals surface area contributed by atoms with Crippen LogP contribution in [0.15, 0.2) is 39.5 Å². The average molecular weight is 384 g/mol. The van der Waals surface area contributed by atoms with Gasteiger partial charge in [0.2, 0.25) is 0 Å². The fraction of sp³-hybridized carbons (Fsp3) is 0.318. The molecule has 0 spiro atoms. The number of ether oxygens (including phenoxy) is 1. The summed E-state index contributed by atoms with van der Waals surface area (Å²) < 4.78 is 11.6. The van der Waals surface area contributed by atoms with Crippen molar-refractivity contribution in [3.8, 4) is 5.75 Å². The van der Waals surface area contributed by atoms with Crippen molar-refractivity contribution < 1.29 is 9.15 Å². The minimum atomic E-state index is -0.334. The Hall–Kier alpha value is -2.46. The Labute approximate surface area is 163 Å². The van der Waals surface area contributed by atoms with E-state index in [1.54, 1.807) is 6.07 Å². The van der Waals surface area contributed by atoms with E-state index in [4.69, 9.17) is 20.8 Å². The highest BCUT2D eigenvalue weighted by Gasteiger charge is 2.26. The van der Waals surface area contributed by atoms with Crippen LogP contribution in [0.25, 0.3) is 11.0 Å². The standard InChI is InChI=1S/C22H22ClNO3/c1-4-5-15-9-20(25)27-21-16(15)10-18(23)22-17(21)11-24(12-26-22)19-8-13(2)6-7-14(19)3/h6-10H,4-5,11-12H2,1-3H3. The summed E-state index contributed by atoms with van der Waals surface area (Å²) in [6.45, 7) is 7.23. The van der Waals surface area contributed by atoms with Crippen LogP contribution in [0.1, 0.15) is 35.6 Å². The molecule has 0 amide bonds. The van der Waals surface area contributed by atoms with Crippen molar-refractivity contribution >= 4 is 28.3 Å². The zero-order valence-corrected chi connectivity index (χ0v) is 16.5. The summed E-state index contributed by atoms with van der Waals surface area (Å²) in [5.41, 5.74) is 5.53. The van der Waals surface area contributed by atoms with Crippen molar-refractivity contribution in [3.63, 3.8) is 0 Å². The fourth-order valence-corrected chi connectivity index (χ4v) is 4.02. The van der Waals surface area contributed by atoms with Gasteiger partial charge in [0, 0.05) is 17.1 Å². The van der Waals surface area contributed by atoms with Gasteiger partial charge in [0.1, 0.15) is 11.3 Å². The minimum Gasteiger partial charge on any atom is -0.471 e. The molecule has 2 heterocycles. The van der Waals surface area contributed by atoms with Crippen molar-refractivity contribution in [1.29, 1.82) is 0 Å². The van der Waals surface area contributed by atoms with Gasteiger partial charge in [0.15, 0.2) is 6.73 Å². The molecule has 0 saturated carbocycles. The molecule has 0 bridgehead atoms. The molecule has 4 nitrogen and oxygen atoms in total. The molecule has 0 aliphatic carbocycles. The van der Waals surface area contributed by atoms with Gasteiger partial charge in [-0.15, -0.1) is 0 Å². The lowest BCUT2D eigenvalue weighted by Crippen LogP contribution is -2.32. The molecule has 0 radical (unpaired) electrons. The van der Waals surface area contributed by atoms with Crippen LogP contribution in [0.5, 0.6) is 5.75 Å². The Balaban J connectivity index is 1.89. The molecule has 1 aliphatic heterocycles. The largest absolute Gasteiger partial charge is 0.471 e. The predicted molar refractivity (Wildman–Crippen MR) is 109 cm³/mol. The first-order chi connectivity index (χ1) is 13.0. The van der Waals surface area contributed by atoms with E-state index in [1.165, 1.54) is 11.1 Å².